The molecule has 0 aromatic heterocycles. The molecule has 0 saturated heterocycles. The highest BCUT2D eigenvalue weighted by Crippen LogP contribution is 2.44. The zero-order chi connectivity index (χ0) is 19.1. The van der Waals surface area contributed by atoms with Crippen molar-refractivity contribution in [2.75, 3.05) is 0 Å². The summed E-state index contributed by atoms with van der Waals surface area (Å²) in [7, 11) is 0. The summed E-state index contributed by atoms with van der Waals surface area (Å²) in [5, 5.41) is 8.31. The zero-order valence-electron chi connectivity index (χ0n) is 14.2. The summed E-state index contributed by atoms with van der Waals surface area (Å²) in [5.74, 6) is -8.19. The lowest BCUT2D eigenvalue weighted by Crippen LogP contribution is -2.08. The topological polar surface area (TPSA) is 54.4 Å². The predicted molar refractivity (Wildman–Crippen MR) is 81.8 cm³/mol. The van der Waals surface area contributed by atoms with Crippen LogP contribution in [0, 0.1) is 28.7 Å². The van der Waals surface area contributed by atoms with Gasteiger partial charge in [-0.05, 0) is 26.7 Å². The molecule has 3 nitrogen and oxygen atoms in total. The molecule has 0 bridgehead atoms. The van der Waals surface area contributed by atoms with E-state index in [1.807, 2.05) is 0 Å². The number of hydrogen-bond acceptors (Lipinski definition) is 2. The summed E-state index contributed by atoms with van der Waals surface area (Å²) >= 11 is 0. The van der Waals surface area contributed by atoms with Crippen molar-refractivity contribution in [1.82, 2.24) is 0 Å². The minimum absolute atomic E-state index is 0.0527. The van der Waals surface area contributed by atoms with Gasteiger partial charge in [-0.25, -0.2) is 17.6 Å². The third kappa shape index (κ3) is 6.29. The number of Topliss-reactive ketones (excluding diaryl/α,β-unsaturated/α-hetero) is 1. The van der Waals surface area contributed by atoms with E-state index in [1.165, 1.54) is 12.8 Å². The second kappa shape index (κ2) is 9.39. The Morgan fingerprint density at radius 1 is 1.04 bits per heavy atom. The van der Waals surface area contributed by atoms with Crippen molar-refractivity contribution < 1.29 is 32.3 Å². The molecule has 1 fully saturated rings. The molecule has 0 radical (unpaired) electrons. The molecule has 0 atom stereocenters. The van der Waals surface area contributed by atoms with Crippen LogP contribution in [-0.4, -0.2) is 16.9 Å². The molecular weight excluding hydrogens is 328 g/mol. The van der Waals surface area contributed by atoms with Gasteiger partial charge in [0.15, 0.2) is 29.1 Å². The second-order valence-corrected chi connectivity index (χ2v) is 5.77. The van der Waals surface area contributed by atoms with Crippen LogP contribution in [0.25, 0.3) is 0 Å². The Bertz CT molecular complexity index is 568. The molecule has 1 aromatic carbocycles. The van der Waals surface area contributed by atoms with Gasteiger partial charge in [-0.3, -0.25) is 9.59 Å². The first-order valence-corrected chi connectivity index (χ1v) is 7.59. The number of aliphatic carboxylic acids is 1. The maximum atomic E-state index is 12.7. The van der Waals surface area contributed by atoms with Crippen LogP contribution in [0.2, 0.25) is 0 Å². The first-order valence-electron chi connectivity index (χ1n) is 7.59. The summed E-state index contributed by atoms with van der Waals surface area (Å²) < 4.78 is 50.3. The fraction of sp³-hybridized carbons (Fsp3) is 0.529. The third-order valence-electron chi connectivity index (χ3n) is 3.48. The van der Waals surface area contributed by atoms with E-state index in [4.69, 9.17) is 5.11 Å². The fourth-order valence-corrected chi connectivity index (χ4v) is 1.28. The van der Waals surface area contributed by atoms with E-state index in [9.17, 15) is 27.2 Å². The molecule has 136 valence electrons. The average molecular weight is 350 g/mol. The van der Waals surface area contributed by atoms with Gasteiger partial charge in [0.25, 0.3) is 0 Å². The van der Waals surface area contributed by atoms with Crippen LogP contribution >= 0.6 is 0 Å². The lowest BCUT2D eigenvalue weighted by Gasteiger charge is -2.02. The maximum absolute atomic E-state index is 12.7. The predicted octanol–water partition coefficient (Wildman–Crippen LogP) is 5.12. The number of hydrogen-bond donors (Lipinski definition) is 1. The fourth-order valence-electron chi connectivity index (χ4n) is 1.28. The Morgan fingerprint density at radius 2 is 1.42 bits per heavy atom. The number of unbranched alkanes of at least 4 members (excludes halogenated alkanes) is 1. The number of carboxylic acid groups (broad SMARTS) is 1. The van der Waals surface area contributed by atoms with Crippen LogP contribution in [0.15, 0.2) is 6.07 Å². The average Bonchev–Trinajstić information content (AvgIpc) is 3.25. The summed E-state index contributed by atoms with van der Waals surface area (Å²) in [4.78, 5) is 20.7. The van der Waals surface area contributed by atoms with Crippen molar-refractivity contribution in [3.63, 3.8) is 0 Å². The summed E-state index contributed by atoms with van der Waals surface area (Å²) in [6.07, 6.45) is 4.37. The van der Waals surface area contributed by atoms with Crippen LogP contribution in [0.5, 0.6) is 0 Å². The van der Waals surface area contributed by atoms with E-state index in [0.717, 1.165) is 19.8 Å². The smallest absolute Gasteiger partial charge is 0.309 e. The quantitative estimate of drug-likeness (QED) is 0.467. The normalized spacial score (nSPS) is 13.8. The van der Waals surface area contributed by atoms with Gasteiger partial charge in [-0.15, -0.1) is 0 Å². The summed E-state index contributed by atoms with van der Waals surface area (Å²) in [6, 6.07) is 0.0527. The zero-order valence-corrected chi connectivity index (χ0v) is 14.2. The molecule has 1 aliphatic carbocycles. The molecule has 0 unspecified atom stereocenters. The van der Waals surface area contributed by atoms with Crippen LogP contribution in [0.1, 0.15) is 63.7 Å². The molecule has 2 rings (SSSR count). The van der Waals surface area contributed by atoms with Crippen molar-refractivity contribution in [2.45, 2.75) is 53.4 Å². The van der Waals surface area contributed by atoms with Crippen molar-refractivity contribution in [1.29, 1.82) is 0 Å². The molecule has 0 aliphatic heterocycles. The van der Waals surface area contributed by atoms with Gasteiger partial charge in [-0.2, -0.15) is 0 Å². The van der Waals surface area contributed by atoms with Crippen LogP contribution in [0.3, 0.4) is 0 Å². The summed E-state index contributed by atoms with van der Waals surface area (Å²) in [5.41, 5.74) is -1.52. The Labute approximate surface area is 138 Å². The highest BCUT2D eigenvalue weighted by Gasteiger charge is 2.44. The monoisotopic (exact) mass is 350 g/mol. The van der Waals surface area contributed by atoms with Crippen molar-refractivity contribution >= 4 is 11.8 Å². The molecule has 24 heavy (non-hydrogen) atoms. The highest BCUT2D eigenvalue weighted by molar-refractivity contribution is 5.94. The van der Waals surface area contributed by atoms with E-state index in [2.05, 4.69) is 13.8 Å². The molecule has 0 heterocycles. The number of ketones is 1. The minimum atomic E-state index is -1.66. The van der Waals surface area contributed by atoms with Gasteiger partial charge in [0, 0.05) is 6.07 Å². The van der Waals surface area contributed by atoms with Gasteiger partial charge < -0.3 is 5.11 Å². The summed E-state index contributed by atoms with van der Waals surface area (Å²) in [6.45, 7) is 6.95. The number of halogens is 4. The molecule has 0 spiro atoms. The van der Waals surface area contributed by atoms with E-state index < -0.39 is 40.6 Å². The highest BCUT2D eigenvalue weighted by atomic mass is 19.2. The Morgan fingerprint density at radius 3 is 1.58 bits per heavy atom. The number of carboxylic acids is 1. The largest absolute Gasteiger partial charge is 0.481 e. The van der Waals surface area contributed by atoms with Crippen LogP contribution in [-0.2, 0) is 4.79 Å². The molecule has 1 saturated carbocycles. The maximum Gasteiger partial charge on any atom is 0.309 e. The first kappa shape index (κ1) is 22.1. The number of benzene rings is 1. The van der Waals surface area contributed by atoms with E-state index >= 15 is 0 Å². The van der Waals surface area contributed by atoms with Crippen LogP contribution in [0.4, 0.5) is 17.6 Å². The molecule has 1 N–H and O–H groups in total. The molecular formula is C17H22F4O3. The minimum Gasteiger partial charge on any atom is -0.481 e. The first-order chi connectivity index (χ1) is 11.0. The second-order valence-electron chi connectivity index (χ2n) is 5.77. The van der Waals surface area contributed by atoms with Gasteiger partial charge >= 0.3 is 5.97 Å². The van der Waals surface area contributed by atoms with Crippen LogP contribution < -0.4 is 0 Å². The Balaban J connectivity index is 0.000000401. The van der Waals surface area contributed by atoms with E-state index in [1.54, 1.807) is 6.92 Å². The lowest BCUT2D eigenvalue weighted by molar-refractivity contribution is -0.142. The third-order valence-corrected chi connectivity index (χ3v) is 3.48. The van der Waals surface area contributed by atoms with E-state index in [0.29, 0.717) is 0 Å². The molecule has 0 amide bonds. The van der Waals surface area contributed by atoms with Gasteiger partial charge in [0.2, 0.25) is 0 Å². The Kier molecular flexibility index (Phi) is 8.64. The van der Waals surface area contributed by atoms with Crippen molar-refractivity contribution in [3.05, 3.63) is 34.9 Å². The van der Waals surface area contributed by atoms with E-state index in [-0.39, 0.29) is 11.5 Å². The molecule has 1 aliphatic rings. The molecule has 7 heteroatoms. The lowest BCUT2D eigenvalue weighted by atomic mass is 10.1. The van der Waals surface area contributed by atoms with Crippen molar-refractivity contribution in [2.24, 2.45) is 5.41 Å². The standard InChI is InChI=1S/C8H4F4O.C5H8O2.C4H10/c1-3(13)6-7(11)4(9)2-5(10)8(6)12;1-5(2-3-5)4(6)7;1-3-4-2/h2H,1H3;2-3H2,1H3,(H,6,7);3-4H2,1-2H3. The number of carbonyl (C=O) groups excluding carboxylic acids is 1. The van der Waals surface area contributed by atoms with Gasteiger partial charge in [0.05, 0.1) is 11.0 Å². The SMILES string of the molecule is CC(=O)c1c(F)c(F)cc(F)c1F.CC1(C(=O)O)CC1.CCCC. The Hall–Kier alpha value is -1.92. The molecule has 1 aromatic rings. The van der Waals surface area contributed by atoms with Gasteiger partial charge in [0.1, 0.15) is 0 Å². The number of rotatable bonds is 3. The van der Waals surface area contributed by atoms with Gasteiger partial charge in [-0.1, -0.05) is 26.7 Å². The van der Waals surface area contributed by atoms with Crippen molar-refractivity contribution in [3.8, 4) is 0 Å². The number of carbonyl (C=O) groups is 2.